The van der Waals surface area contributed by atoms with Gasteiger partial charge in [-0.05, 0) is 30.8 Å². The fourth-order valence-corrected chi connectivity index (χ4v) is 2.88. The first kappa shape index (κ1) is 14.2. The van der Waals surface area contributed by atoms with Gasteiger partial charge in [0.05, 0.1) is 11.6 Å². The number of para-hydroxylation sites is 1. The van der Waals surface area contributed by atoms with E-state index in [1.165, 1.54) is 17.4 Å². The van der Waals surface area contributed by atoms with Crippen LogP contribution >= 0.6 is 23.1 Å². The molecule has 1 aromatic heterocycles. The summed E-state index contributed by atoms with van der Waals surface area (Å²) < 4.78 is 37.2. The monoisotopic (exact) mass is 304 g/mol. The molecule has 2 aromatic rings. The third-order valence-electron chi connectivity index (χ3n) is 2.23. The summed E-state index contributed by atoms with van der Waals surface area (Å²) >= 11 is 1.42. The smallest absolute Gasteiger partial charge is 0.379 e. The van der Waals surface area contributed by atoms with Crippen molar-refractivity contribution >= 4 is 28.8 Å². The molecular weight excluding hydrogens is 293 g/mol. The molecule has 0 aliphatic carbocycles. The Morgan fingerprint density at radius 3 is 2.68 bits per heavy atom. The molecule has 102 valence electrons. The second kappa shape index (κ2) is 5.83. The molecule has 0 saturated carbocycles. The van der Waals surface area contributed by atoms with Crippen molar-refractivity contribution in [3.63, 3.8) is 0 Å². The minimum atomic E-state index is -4.28. The van der Waals surface area contributed by atoms with Crippen LogP contribution in [0.25, 0.3) is 0 Å². The summed E-state index contributed by atoms with van der Waals surface area (Å²) in [4.78, 5) is 5.27. The molecule has 2 rings (SSSR count). The van der Waals surface area contributed by atoms with Gasteiger partial charge in [-0.3, -0.25) is 0 Å². The molecule has 1 aromatic carbocycles. The second-order valence-electron chi connectivity index (χ2n) is 3.74. The van der Waals surface area contributed by atoms with Gasteiger partial charge in [-0.15, -0.1) is 11.3 Å². The molecule has 0 amide bonds. The quantitative estimate of drug-likeness (QED) is 0.831. The average molecular weight is 304 g/mol. The number of thiazole rings is 1. The highest BCUT2D eigenvalue weighted by molar-refractivity contribution is 8.00. The van der Waals surface area contributed by atoms with Crippen LogP contribution in [0.5, 0.6) is 0 Å². The highest BCUT2D eigenvalue weighted by atomic mass is 32.2. The van der Waals surface area contributed by atoms with E-state index in [-0.39, 0.29) is 16.7 Å². The Labute approximate surface area is 117 Å². The number of nitrogens with zero attached hydrogens (tertiary/aromatic N) is 1. The Hall–Kier alpha value is -1.21. The zero-order chi connectivity index (χ0) is 13.9. The number of anilines is 1. The van der Waals surface area contributed by atoms with E-state index in [4.69, 9.17) is 0 Å². The van der Waals surface area contributed by atoms with E-state index in [9.17, 15) is 13.2 Å². The lowest BCUT2D eigenvalue weighted by Gasteiger charge is -2.12. The van der Waals surface area contributed by atoms with E-state index >= 15 is 0 Å². The summed E-state index contributed by atoms with van der Waals surface area (Å²) in [6, 6.07) is 6.40. The maximum atomic E-state index is 12.4. The highest BCUT2D eigenvalue weighted by Gasteiger charge is 2.30. The summed E-state index contributed by atoms with van der Waals surface area (Å²) in [6.45, 7) is 2.36. The summed E-state index contributed by atoms with van der Waals surface area (Å²) in [6.07, 6.45) is 1.73. The molecule has 0 aliphatic rings. The van der Waals surface area contributed by atoms with Crippen LogP contribution in [0, 0.1) is 6.92 Å². The number of rotatable bonds is 4. The maximum Gasteiger partial charge on any atom is 0.446 e. The van der Waals surface area contributed by atoms with Gasteiger partial charge in [0.1, 0.15) is 0 Å². The number of nitrogens with one attached hydrogen (secondary N) is 1. The van der Waals surface area contributed by atoms with Crippen LogP contribution in [0.1, 0.15) is 9.88 Å². The van der Waals surface area contributed by atoms with Gasteiger partial charge in [-0.2, -0.15) is 13.2 Å². The summed E-state index contributed by atoms with van der Waals surface area (Å²) in [5.74, 6) is 0. The molecule has 1 heterocycles. The molecular formula is C12H11F3N2S2. The second-order valence-corrected chi connectivity index (χ2v) is 6.17. The Kier molecular flexibility index (Phi) is 4.36. The third kappa shape index (κ3) is 4.43. The predicted octanol–water partition coefficient (Wildman–Crippen LogP) is 4.68. The molecule has 1 N–H and O–H groups in total. The van der Waals surface area contributed by atoms with Crippen molar-refractivity contribution in [3.05, 3.63) is 40.3 Å². The molecule has 0 saturated heterocycles. The van der Waals surface area contributed by atoms with Crippen molar-refractivity contribution in [1.29, 1.82) is 0 Å². The van der Waals surface area contributed by atoms with E-state index in [1.807, 2.05) is 6.92 Å². The van der Waals surface area contributed by atoms with Crippen molar-refractivity contribution in [2.75, 3.05) is 5.32 Å². The largest absolute Gasteiger partial charge is 0.446 e. The number of hydrogen-bond donors (Lipinski definition) is 1. The van der Waals surface area contributed by atoms with E-state index in [0.29, 0.717) is 12.2 Å². The van der Waals surface area contributed by atoms with Gasteiger partial charge in [0.2, 0.25) is 0 Å². The molecule has 2 nitrogen and oxygen atoms in total. The summed E-state index contributed by atoms with van der Waals surface area (Å²) in [5.41, 5.74) is -3.80. The third-order valence-corrected chi connectivity index (χ3v) is 3.96. The Morgan fingerprint density at radius 2 is 2.05 bits per heavy atom. The average Bonchev–Trinajstić information content (AvgIpc) is 2.72. The van der Waals surface area contributed by atoms with Gasteiger partial charge in [0, 0.05) is 21.7 Å². The van der Waals surface area contributed by atoms with E-state index < -0.39 is 5.51 Å². The molecule has 0 unspecified atom stereocenters. The first-order valence-corrected chi connectivity index (χ1v) is 7.07. The van der Waals surface area contributed by atoms with E-state index in [0.717, 1.165) is 9.88 Å². The molecule has 19 heavy (non-hydrogen) atoms. The summed E-state index contributed by atoms with van der Waals surface area (Å²) in [7, 11) is 0. The van der Waals surface area contributed by atoms with Crippen LogP contribution in [0.3, 0.4) is 0 Å². The van der Waals surface area contributed by atoms with Crippen LogP contribution in [-0.2, 0) is 6.54 Å². The van der Waals surface area contributed by atoms with Gasteiger partial charge in [0.15, 0.2) is 0 Å². The number of aromatic nitrogens is 1. The van der Waals surface area contributed by atoms with Crippen molar-refractivity contribution in [3.8, 4) is 0 Å². The summed E-state index contributed by atoms with van der Waals surface area (Å²) in [5, 5.41) is 3.95. The molecule has 7 heteroatoms. The van der Waals surface area contributed by atoms with E-state index in [2.05, 4.69) is 10.3 Å². The van der Waals surface area contributed by atoms with Crippen molar-refractivity contribution in [2.45, 2.75) is 23.9 Å². The minimum Gasteiger partial charge on any atom is -0.379 e. The van der Waals surface area contributed by atoms with Crippen molar-refractivity contribution in [1.82, 2.24) is 4.98 Å². The van der Waals surface area contributed by atoms with Crippen LogP contribution in [0.15, 0.2) is 35.4 Å². The van der Waals surface area contributed by atoms with Crippen LogP contribution in [-0.4, -0.2) is 10.5 Å². The normalized spacial score (nSPS) is 11.6. The standard InChI is InChI=1S/C12H11F3N2S2/c1-8-16-6-9(18-8)7-17-10-4-2-3-5-11(10)19-12(13,14)15/h2-6,17H,7H2,1H3. The maximum absolute atomic E-state index is 12.4. The lowest BCUT2D eigenvalue weighted by Crippen LogP contribution is -2.03. The predicted molar refractivity (Wildman–Crippen MR) is 72.5 cm³/mol. The van der Waals surface area contributed by atoms with Crippen LogP contribution in [0.2, 0.25) is 0 Å². The van der Waals surface area contributed by atoms with Gasteiger partial charge < -0.3 is 5.32 Å². The molecule has 0 fully saturated rings. The lowest BCUT2D eigenvalue weighted by molar-refractivity contribution is -0.0327. The first-order valence-electron chi connectivity index (χ1n) is 5.44. The number of benzene rings is 1. The van der Waals surface area contributed by atoms with Gasteiger partial charge >= 0.3 is 5.51 Å². The van der Waals surface area contributed by atoms with Gasteiger partial charge in [0.25, 0.3) is 0 Å². The van der Waals surface area contributed by atoms with Crippen molar-refractivity contribution in [2.24, 2.45) is 0 Å². The number of thioether (sulfide) groups is 1. The number of halogens is 3. The van der Waals surface area contributed by atoms with Crippen LogP contribution < -0.4 is 5.32 Å². The van der Waals surface area contributed by atoms with Crippen molar-refractivity contribution < 1.29 is 13.2 Å². The van der Waals surface area contributed by atoms with Crippen LogP contribution in [0.4, 0.5) is 18.9 Å². The lowest BCUT2D eigenvalue weighted by atomic mass is 10.3. The number of aryl methyl sites for hydroxylation is 1. The minimum absolute atomic E-state index is 0.107. The Bertz CT molecular complexity index is 552. The molecule has 0 aliphatic heterocycles. The SMILES string of the molecule is Cc1ncc(CNc2ccccc2SC(F)(F)F)s1. The number of alkyl halides is 3. The zero-order valence-electron chi connectivity index (χ0n) is 9.99. The fourth-order valence-electron chi connectivity index (χ4n) is 1.50. The molecule has 0 radical (unpaired) electrons. The van der Waals surface area contributed by atoms with Gasteiger partial charge in [-0.1, -0.05) is 12.1 Å². The Morgan fingerprint density at radius 1 is 1.32 bits per heavy atom. The number of hydrogen-bond acceptors (Lipinski definition) is 4. The van der Waals surface area contributed by atoms with E-state index in [1.54, 1.807) is 24.4 Å². The van der Waals surface area contributed by atoms with Gasteiger partial charge in [-0.25, -0.2) is 4.98 Å². The molecule has 0 atom stereocenters. The fraction of sp³-hybridized carbons (Fsp3) is 0.250. The molecule has 0 spiro atoms. The Balaban J connectivity index is 2.07. The zero-order valence-corrected chi connectivity index (χ0v) is 11.6. The topological polar surface area (TPSA) is 24.9 Å². The highest BCUT2D eigenvalue weighted by Crippen LogP contribution is 2.40. The molecule has 0 bridgehead atoms. The first-order chi connectivity index (χ1) is 8.94.